The number of nitrogens with zero attached hydrogens (tertiary/aromatic N) is 2. The van der Waals surface area contributed by atoms with E-state index in [4.69, 9.17) is 0 Å². The van der Waals surface area contributed by atoms with E-state index in [1.54, 1.807) is 31.3 Å². The number of esters is 1. The predicted molar refractivity (Wildman–Crippen MR) is 52.2 cm³/mol. The fourth-order valence-electron chi connectivity index (χ4n) is 0.906. The van der Waals surface area contributed by atoms with Crippen LogP contribution in [0.1, 0.15) is 10.4 Å². The lowest BCUT2D eigenvalue weighted by Gasteiger charge is -2.00. The van der Waals surface area contributed by atoms with E-state index in [1.165, 1.54) is 7.11 Å². The summed E-state index contributed by atoms with van der Waals surface area (Å²) in [6, 6.07) is 6.75. The van der Waals surface area contributed by atoms with Gasteiger partial charge in [-0.1, -0.05) is 5.22 Å². The van der Waals surface area contributed by atoms with Gasteiger partial charge in [-0.15, -0.1) is 0 Å². The van der Waals surface area contributed by atoms with Gasteiger partial charge in [-0.3, -0.25) is 5.43 Å². The van der Waals surface area contributed by atoms with Crippen LogP contribution in [0.5, 0.6) is 0 Å². The van der Waals surface area contributed by atoms with Gasteiger partial charge in [-0.25, -0.2) is 4.79 Å². The Morgan fingerprint density at radius 1 is 1.36 bits per heavy atom. The van der Waals surface area contributed by atoms with Crippen molar-refractivity contribution in [3.63, 3.8) is 0 Å². The van der Waals surface area contributed by atoms with Crippen molar-refractivity contribution in [3.05, 3.63) is 29.8 Å². The highest BCUT2D eigenvalue weighted by Crippen LogP contribution is 2.10. The van der Waals surface area contributed by atoms with Gasteiger partial charge in [-0.05, 0) is 24.3 Å². The average molecular weight is 193 g/mol. The molecule has 0 saturated heterocycles. The first-order valence-corrected chi connectivity index (χ1v) is 4.01. The quantitative estimate of drug-likeness (QED) is 0.453. The molecule has 1 aromatic carbocycles. The number of carbonyl (C=O) groups is 1. The Kier molecular flexibility index (Phi) is 3.60. The van der Waals surface area contributed by atoms with Crippen LogP contribution in [0.4, 0.5) is 5.69 Å². The summed E-state index contributed by atoms with van der Waals surface area (Å²) >= 11 is 0. The topological polar surface area (TPSA) is 63.0 Å². The molecule has 5 heteroatoms. The number of benzene rings is 1. The van der Waals surface area contributed by atoms with Crippen LogP contribution >= 0.6 is 0 Å². The van der Waals surface area contributed by atoms with Crippen molar-refractivity contribution in [2.24, 2.45) is 10.3 Å². The zero-order chi connectivity index (χ0) is 10.4. The Labute approximate surface area is 81.8 Å². The molecule has 1 rings (SSSR count). The molecule has 0 unspecified atom stereocenters. The Hall–Kier alpha value is -1.91. The Morgan fingerprint density at radius 2 is 2.00 bits per heavy atom. The molecule has 0 aliphatic rings. The zero-order valence-electron chi connectivity index (χ0n) is 8.02. The minimum atomic E-state index is -0.353. The fourth-order valence-corrected chi connectivity index (χ4v) is 0.906. The van der Waals surface area contributed by atoms with Gasteiger partial charge in [0.25, 0.3) is 0 Å². The van der Waals surface area contributed by atoms with Gasteiger partial charge in [0.2, 0.25) is 0 Å². The minimum absolute atomic E-state index is 0.353. The van der Waals surface area contributed by atoms with E-state index in [0.29, 0.717) is 5.56 Å². The number of anilines is 1. The van der Waals surface area contributed by atoms with Gasteiger partial charge in [0.15, 0.2) is 0 Å². The number of ether oxygens (including phenoxy) is 1. The van der Waals surface area contributed by atoms with Crippen LogP contribution in [0.3, 0.4) is 0 Å². The molecule has 0 spiro atoms. The van der Waals surface area contributed by atoms with E-state index in [-0.39, 0.29) is 5.97 Å². The number of methoxy groups -OCH3 is 1. The summed E-state index contributed by atoms with van der Waals surface area (Å²) < 4.78 is 4.56. The number of hydrogen-bond acceptors (Lipinski definition) is 4. The Morgan fingerprint density at radius 3 is 2.50 bits per heavy atom. The number of rotatable bonds is 3. The molecule has 14 heavy (non-hydrogen) atoms. The summed E-state index contributed by atoms with van der Waals surface area (Å²) in [6.45, 7) is 0. The molecule has 1 aromatic rings. The second kappa shape index (κ2) is 4.96. The first-order chi connectivity index (χ1) is 6.77. The maximum absolute atomic E-state index is 11.1. The van der Waals surface area contributed by atoms with Crippen LogP contribution in [0.2, 0.25) is 0 Å². The molecule has 0 aliphatic carbocycles. The molecule has 74 valence electrons. The standard InChI is InChI=1S/C9H11N3O2/c1-10-12-11-8-5-3-7(4-6-8)9(13)14-2/h3-6H,1-2H3,(H,10,11). The molecule has 0 fully saturated rings. The van der Waals surface area contributed by atoms with E-state index in [0.717, 1.165) is 5.69 Å². The van der Waals surface area contributed by atoms with Gasteiger partial charge in [0.1, 0.15) is 0 Å². The summed E-state index contributed by atoms with van der Waals surface area (Å²) in [5, 5.41) is 7.12. The van der Waals surface area contributed by atoms with E-state index < -0.39 is 0 Å². The highest BCUT2D eigenvalue weighted by molar-refractivity contribution is 5.89. The fraction of sp³-hybridized carbons (Fsp3) is 0.222. The normalized spacial score (nSPS) is 10.1. The zero-order valence-corrected chi connectivity index (χ0v) is 8.02. The summed E-state index contributed by atoms with van der Waals surface area (Å²) in [6.07, 6.45) is 0. The Bertz CT molecular complexity index is 332. The predicted octanol–water partition coefficient (Wildman–Crippen LogP) is 1.88. The molecule has 0 radical (unpaired) electrons. The monoisotopic (exact) mass is 193 g/mol. The van der Waals surface area contributed by atoms with Crippen LogP contribution in [0.15, 0.2) is 34.6 Å². The molecule has 5 nitrogen and oxygen atoms in total. The SMILES string of the molecule is CN=NNc1ccc(C(=O)OC)cc1. The first kappa shape index (κ1) is 10.2. The number of hydrogen-bond donors (Lipinski definition) is 1. The van der Waals surface area contributed by atoms with Crippen LogP contribution in [-0.4, -0.2) is 20.1 Å². The molecule has 0 aromatic heterocycles. The lowest BCUT2D eigenvalue weighted by atomic mass is 10.2. The molecule has 0 aliphatic heterocycles. The molecule has 0 bridgehead atoms. The third-order valence-electron chi connectivity index (χ3n) is 1.59. The first-order valence-electron chi connectivity index (χ1n) is 4.01. The average Bonchev–Trinajstić information content (AvgIpc) is 2.26. The van der Waals surface area contributed by atoms with Crippen molar-refractivity contribution >= 4 is 11.7 Å². The molecule has 1 N–H and O–H groups in total. The van der Waals surface area contributed by atoms with E-state index in [2.05, 4.69) is 20.5 Å². The van der Waals surface area contributed by atoms with Crippen molar-refractivity contribution in [1.82, 2.24) is 0 Å². The van der Waals surface area contributed by atoms with E-state index in [1.807, 2.05) is 0 Å². The van der Waals surface area contributed by atoms with Gasteiger partial charge >= 0.3 is 5.97 Å². The van der Waals surface area contributed by atoms with Gasteiger partial charge < -0.3 is 4.74 Å². The van der Waals surface area contributed by atoms with Crippen molar-refractivity contribution in [3.8, 4) is 0 Å². The maximum Gasteiger partial charge on any atom is 0.337 e. The molecule has 0 amide bonds. The van der Waals surface area contributed by atoms with Gasteiger partial charge in [0.05, 0.1) is 25.4 Å². The van der Waals surface area contributed by atoms with Crippen molar-refractivity contribution in [2.75, 3.05) is 19.6 Å². The van der Waals surface area contributed by atoms with Gasteiger partial charge in [-0.2, -0.15) is 5.11 Å². The summed E-state index contributed by atoms with van der Waals surface area (Å²) in [4.78, 5) is 11.1. The highest BCUT2D eigenvalue weighted by Gasteiger charge is 2.03. The summed E-state index contributed by atoms with van der Waals surface area (Å²) in [7, 11) is 2.91. The molecular formula is C9H11N3O2. The van der Waals surface area contributed by atoms with E-state index in [9.17, 15) is 4.79 Å². The second-order valence-electron chi connectivity index (χ2n) is 2.48. The smallest absolute Gasteiger partial charge is 0.337 e. The number of carbonyl (C=O) groups excluding carboxylic acids is 1. The molecular weight excluding hydrogens is 182 g/mol. The lowest BCUT2D eigenvalue weighted by molar-refractivity contribution is 0.0601. The van der Waals surface area contributed by atoms with Crippen LogP contribution in [-0.2, 0) is 4.74 Å². The third kappa shape index (κ3) is 2.55. The van der Waals surface area contributed by atoms with Crippen molar-refractivity contribution in [1.29, 1.82) is 0 Å². The Balaban J connectivity index is 2.73. The largest absolute Gasteiger partial charge is 0.465 e. The van der Waals surface area contributed by atoms with Crippen molar-refractivity contribution in [2.45, 2.75) is 0 Å². The number of nitrogens with one attached hydrogen (secondary N) is 1. The van der Waals surface area contributed by atoms with Crippen LogP contribution in [0, 0.1) is 0 Å². The third-order valence-corrected chi connectivity index (χ3v) is 1.59. The second-order valence-corrected chi connectivity index (χ2v) is 2.48. The van der Waals surface area contributed by atoms with E-state index >= 15 is 0 Å². The molecule has 0 saturated carbocycles. The minimum Gasteiger partial charge on any atom is -0.465 e. The highest BCUT2D eigenvalue weighted by atomic mass is 16.5. The lowest BCUT2D eigenvalue weighted by Crippen LogP contribution is -2.00. The molecule has 0 atom stereocenters. The van der Waals surface area contributed by atoms with Crippen LogP contribution < -0.4 is 5.43 Å². The van der Waals surface area contributed by atoms with Crippen molar-refractivity contribution < 1.29 is 9.53 Å². The maximum atomic E-state index is 11.1. The molecule has 0 heterocycles. The van der Waals surface area contributed by atoms with Crippen LogP contribution in [0.25, 0.3) is 0 Å². The van der Waals surface area contributed by atoms with Gasteiger partial charge in [0, 0.05) is 0 Å². The summed E-state index contributed by atoms with van der Waals surface area (Å²) in [5.41, 5.74) is 3.96. The summed E-state index contributed by atoms with van der Waals surface area (Å²) in [5.74, 6) is -0.353.